The topological polar surface area (TPSA) is 89.8 Å². The number of nitrogens with one attached hydrogen (secondary N) is 1. The molecule has 2 heterocycles. The fraction of sp³-hybridized carbons (Fsp3) is 0.143. The summed E-state index contributed by atoms with van der Waals surface area (Å²) in [6.45, 7) is 3.43. The van der Waals surface area contributed by atoms with Crippen LogP contribution in [0.15, 0.2) is 56.5 Å². The van der Waals surface area contributed by atoms with Crippen molar-refractivity contribution in [3.63, 3.8) is 0 Å². The number of nitrogens with zero attached hydrogens (tertiary/aromatic N) is 3. The molecule has 8 heteroatoms. The predicted molar refractivity (Wildman–Crippen MR) is 114 cm³/mol. The van der Waals surface area contributed by atoms with Crippen LogP contribution in [-0.2, 0) is 7.05 Å². The fourth-order valence-electron chi connectivity index (χ4n) is 3.46. The second-order valence-electron chi connectivity index (χ2n) is 6.82. The fourth-order valence-corrected chi connectivity index (χ4v) is 3.84. The summed E-state index contributed by atoms with van der Waals surface area (Å²) in [5.41, 5.74) is 1.30. The van der Waals surface area contributed by atoms with Crippen molar-refractivity contribution in [1.29, 1.82) is 0 Å². The molecule has 2 aromatic heterocycles. The Morgan fingerprint density at radius 2 is 1.83 bits per heavy atom. The number of aromatic nitrogens is 4. The van der Waals surface area contributed by atoms with E-state index in [0.717, 1.165) is 4.47 Å². The maximum absolute atomic E-state index is 13.2. The van der Waals surface area contributed by atoms with Crippen LogP contribution in [-0.4, -0.2) is 25.1 Å². The molecule has 0 aliphatic heterocycles. The number of aromatic amines is 1. The monoisotopic (exact) mass is 452 g/mol. The molecule has 7 nitrogen and oxygen atoms in total. The molecule has 0 atom stereocenters. The van der Waals surface area contributed by atoms with Gasteiger partial charge in [-0.3, -0.25) is 28.7 Å². The number of benzene rings is 2. The summed E-state index contributed by atoms with van der Waals surface area (Å²) in [6, 6.07) is 12.1. The zero-order valence-electron chi connectivity index (χ0n) is 16.0. The van der Waals surface area contributed by atoms with Crippen molar-refractivity contribution in [2.24, 2.45) is 7.05 Å². The van der Waals surface area contributed by atoms with Crippen LogP contribution in [0.25, 0.3) is 16.6 Å². The van der Waals surface area contributed by atoms with Gasteiger partial charge in [0, 0.05) is 22.8 Å². The normalized spacial score (nSPS) is 11.2. The van der Waals surface area contributed by atoms with E-state index in [9.17, 15) is 14.4 Å². The first-order valence-electron chi connectivity index (χ1n) is 8.87. The van der Waals surface area contributed by atoms with E-state index in [4.69, 9.17) is 0 Å². The van der Waals surface area contributed by atoms with Crippen molar-refractivity contribution < 1.29 is 4.79 Å². The summed E-state index contributed by atoms with van der Waals surface area (Å²) in [6.07, 6.45) is 0. The first-order chi connectivity index (χ1) is 13.8. The van der Waals surface area contributed by atoms with E-state index in [2.05, 4.69) is 26.0 Å². The predicted octanol–water partition coefficient (Wildman–Crippen LogP) is 3.02. The smallest absolute Gasteiger partial charge is 0.277 e. The number of aryl methyl sites for hydroxylation is 3. The van der Waals surface area contributed by atoms with E-state index >= 15 is 0 Å². The highest BCUT2D eigenvalue weighted by atomic mass is 79.9. The lowest BCUT2D eigenvalue weighted by Crippen LogP contribution is -2.23. The number of fused-ring (bicyclic) bond motifs is 1. The Morgan fingerprint density at radius 3 is 2.48 bits per heavy atom. The Labute approximate surface area is 173 Å². The van der Waals surface area contributed by atoms with E-state index in [0.29, 0.717) is 28.1 Å². The van der Waals surface area contributed by atoms with Crippen LogP contribution in [0.1, 0.15) is 27.4 Å². The van der Waals surface area contributed by atoms with Crippen LogP contribution in [0.2, 0.25) is 0 Å². The van der Waals surface area contributed by atoms with Crippen molar-refractivity contribution in [3.05, 3.63) is 90.3 Å². The molecule has 0 spiro atoms. The van der Waals surface area contributed by atoms with Crippen molar-refractivity contribution >= 4 is 32.6 Å². The molecule has 1 N–H and O–H groups in total. The highest BCUT2D eigenvalue weighted by molar-refractivity contribution is 9.10. The average Bonchev–Trinajstić information content (AvgIpc) is 2.93. The molecule has 0 aliphatic carbocycles. The Kier molecular flexibility index (Phi) is 4.58. The number of rotatable bonds is 3. The van der Waals surface area contributed by atoms with Gasteiger partial charge in [0.2, 0.25) is 0 Å². The van der Waals surface area contributed by atoms with E-state index in [1.807, 2.05) is 24.3 Å². The Bertz CT molecular complexity index is 1410. The Morgan fingerprint density at radius 1 is 1.07 bits per heavy atom. The van der Waals surface area contributed by atoms with Crippen molar-refractivity contribution in [1.82, 2.24) is 19.3 Å². The van der Waals surface area contributed by atoms with Crippen molar-refractivity contribution in [2.75, 3.05) is 0 Å². The van der Waals surface area contributed by atoms with E-state index in [-0.39, 0.29) is 16.7 Å². The molecule has 0 saturated carbocycles. The van der Waals surface area contributed by atoms with Gasteiger partial charge < -0.3 is 0 Å². The zero-order chi connectivity index (χ0) is 20.9. The third-order valence-corrected chi connectivity index (χ3v) is 5.31. The zero-order valence-corrected chi connectivity index (χ0v) is 17.6. The van der Waals surface area contributed by atoms with Gasteiger partial charge >= 0.3 is 0 Å². The molecule has 0 unspecified atom stereocenters. The molecule has 0 fully saturated rings. The first-order valence-corrected chi connectivity index (χ1v) is 9.67. The summed E-state index contributed by atoms with van der Waals surface area (Å²) in [5, 5.41) is 3.13. The summed E-state index contributed by atoms with van der Waals surface area (Å²) in [5.74, 6) is 0.107. The summed E-state index contributed by atoms with van der Waals surface area (Å²) < 4.78 is 3.60. The number of hydrogen-bond donors (Lipinski definition) is 1. The summed E-state index contributed by atoms with van der Waals surface area (Å²) in [4.78, 5) is 43.0. The quantitative estimate of drug-likeness (QED) is 0.483. The standard InChI is InChI=1S/C21H17BrN4O3/c1-11-18(21(29)25(3)24-11)19(27)13-7-8-17-16(9-13)20(28)26(12(2)23-17)15-6-4-5-14(22)10-15/h4-10,24H,1-3H3. The third kappa shape index (κ3) is 3.15. The van der Waals surface area contributed by atoms with Gasteiger partial charge in [-0.2, -0.15) is 0 Å². The molecule has 0 bridgehead atoms. The molecule has 4 aromatic rings. The maximum Gasteiger partial charge on any atom is 0.277 e. The van der Waals surface area contributed by atoms with Gasteiger partial charge in [-0.15, -0.1) is 0 Å². The molecule has 4 rings (SSSR count). The van der Waals surface area contributed by atoms with E-state index < -0.39 is 11.3 Å². The highest BCUT2D eigenvalue weighted by Crippen LogP contribution is 2.19. The van der Waals surface area contributed by atoms with Gasteiger partial charge in [0.05, 0.1) is 16.6 Å². The number of halogens is 1. The third-order valence-electron chi connectivity index (χ3n) is 4.82. The van der Waals surface area contributed by atoms with Crippen molar-refractivity contribution in [3.8, 4) is 5.69 Å². The minimum Gasteiger partial charge on any atom is -0.299 e. The van der Waals surface area contributed by atoms with Crippen LogP contribution < -0.4 is 11.1 Å². The molecule has 0 aliphatic rings. The molecule has 0 radical (unpaired) electrons. The lowest BCUT2D eigenvalue weighted by atomic mass is 10.0. The number of carbonyl (C=O) groups is 1. The van der Waals surface area contributed by atoms with Crippen LogP contribution >= 0.6 is 15.9 Å². The number of H-pyrrole nitrogens is 1. The van der Waals surface area contributed by atoms with Crippen LogP contribution in [0.3, 0.4) is 0 Å². The Hall–Kier alpha value is -3.26. The van der Waals surface area contributed by atoms with Gasteiger partial charge in [-0.1, -0.05) is 22.0 Å². The van der Waals surface area contributed by atoms with Crippen LogP contribution in [0.5, 0.6) is 0 Å². The largest absolute Gasteiger partial charge is 0.299 e. The number of carbonyl (C=O) groups excluding carboxylic acids is 1. The van der Waals surface area contributed by atoms with Gasteiger partial charge in [-0.05, 0) is 50.2 Å². The molecular formula is C21H17BrN4O3. The second-order valence-corrected chi connectivity index (χ2v) is 7.73. The molecule has 146 valence electrons. The van der Waals surface area contributed by atoms with Gasteiger partial charge in [-0.25, -0.2) is 4.98 Å². The summed E-state index contributed by atoms with van der Waals surface area (Å²) in [7, 11) is 1.55. The second kappa shape index (κ2) is 6.97. The number of hydrogen-bond acceptors (Lipinski definition) is 4. The SMILES string of the molecule is Cc1[nH]n(C)c(=O)c1C(=O)c1ccc2nc(C)n(-c3cccc(Br)c3)c(=O)c2c1. The molecule has 0 amide bonds. The van der Waals surface area contributed by atoms with Gasteiger partial charge in [0.25, 0.3) is 11.1 Å². The number of ketones is 1. The maximum atomic E-state index is 13.2. The van der Waals surface area contributed by atoms with E-state index in [1.165, 1.54) is 15.3 Å². The first kappa shape index (κ1) is 19.1. The highest BCUT2D eigenvalue weighted by Gasteiger charge is 2.20. The van der Waals surface area contributed by atoms with Crippen LogP contribution in [0.4, 0.5) is 0 Å². The van der Waals surface area contributed by atoms with Crippen molar-refractivity contribution in [2.45, 2.75) is 13.8 Å². The summed E-state index contributed by atoms with van der Waals surface area (Å²) >= 11 is 3.42. The molecule has 0 saturated heterocycles. The van der Waals surface area contributed by atoms with Crippen LogP contribution in [0, 0.1) is 13.8 Å². The van der Waals surface area contributed by atoms with Gasteiger partial charge in [0.15, 0.2) is 5.78 Å². The molecule has 2 aromatic carbocycles. The minimum atomic E-state index is -0.430. The lowest BCUT2D eigenvalue weighted by Gasteiger charge is -2.11. The lowest BCUT2D eigenvalue weighted by molar-refractivity contribution is 0.103. The molecular weight excluding hydrogens is 436 g/mol. The average molecular weight is 453 g/mol. The van der Waals surface area contributed by atoms with Gasteiger partial charge in [0.1, 0.15) is 11.4 Å². The minimum absolute atomic E-state index is 0.0687. The van der Waals surface area contributed by atoms with E-state index in [1.54, 1.807) is 33.0 Å². The molecule has 29 heavy (non-hydrogen) atoms. The Balaban J connectivity index is 1.93.